The number of nitrogens with zero attached hydrogens (tertiary/aromatic N) is 2. The number of guanidine groups is 1. The first kappa shape index (κ1) is 19.4. The maximum absolute atomic E-state index is 12.1. The molecule has 3 fully saturated rings. The molecule has 9 heteroatoms. The van der Waals surface area contributed by atoms with E-state index in [0.717, 1.165) is 51.3 Å². The van der Waals surface area contributed by atoms with Crippen molar-refractivity contribution in [1.82, 2.24) is 20.3 Å². The summed E-state index contributed by atoms with van der Waals surface area (Å²) in [7, 11) is -1.54. The zero-order chi connectivity index (χ0) is 18.6. The molecule has 0 aromatic heterocycles. The number of hydrogen-bond donors (Lipinski definition) is 3. The van der Waals surface area contributed by atoms with Gasteiger partial charge >= 0.3 is 0 Å². The van der Waals surface area contributed by atoms with Crippen molar-refractivity contribution in [2.45, 2.75) is 38.5 Å². The SMILES string of the molecule is CN=C(NCCS(=O)(=O)NCC1CCC1)N1CCCC2(CNC(=O)C2)C1. The van der Waals surface area contributed by atoms with Gasteiger partial charge in [-0.05, 0) is 31.6 Å². The van der Waals surface area contributed by atoms with E-state index in [-0.39, 0.29) is 17.1 Å². The second-order valence-corrected chi connectivity index (χ2v) is 9.84. The Morgan fingerprint density at radius 2 is 2.19 bits per heavy atom. The quantitative estimate of drug-likeness (QED) is 0.437. The van der Waals surface area contributed by atoms with E-state index in [2.05, 4.69) is 25.2 Å². The molecule has 26 heavy (non-hydrogen) atoms. The lowest BCUT2D eigenvalue weighted by molar-refractivity contribution is -0.119. The summed E-state index contributed by atoms with van der Waals surface area (Å²) in [6, 6.07) is 0. The van der Waals surface area contributed by atoms with Crippen LogP contribution in [0, 0.1) is 11.3 Å². The van der Waals surface area contributed by atoms with E-state index in [1.165, 1.54) is 6.42 Å². The van der Waals surface area contributed by atoms with E-state index in [0.29, 0.717) is 25.4 Å². The van der Waals surface area contributed by atoms with Gasteiger partial charge in [-0.2, -0.15) is 0 Å². The molecule has 0 bridgehead atoms. The number of piperidine rings is 1. The Morgan fingerprint density at radius 3 is 2.81 bits per heavy atom. The van der Waals surface area contributed by atoms with E-state index < -0.39 is 10.0 Å². The molecule has 1 aliphatic carbocycles. The summed E-state index contributed by atoms with van der Waals surface area (Å²) in [5.41, 5.74) is -0.0106. The van der Waals surface area contributed by atoms with Crippen LogP contribution < -0.4 is 15.4 Å². The van der Waals surface area contributed by atoms with Gasteiger partial charge in [-0.3, -0.25) is 9.79 Å². The van der Waals surface area contributed by atoms with E-state index >= 15 is 0 Å². The monoisotopic (exact) mass is 385 g/mol. The fraction of sp³-hybridized carbons (Fsp3) is 0.882. The lowest BCUT2D eigenvalue weighted by Crippen LogP contribution is -2.52. The maximum atomic E-state index is 12.1. The van der Waals surface area contributed by atoms with Gasteiger partial charge in [0.1, 0.15) is 0 Å². The van der Waals surface area contributed by atoms with Crippen LogP contribution in [0.4, 0.5) is 0 Å². The predicted octanol–water partition coefficient (Wildman–Crippen LogP) is -0.117. The third-order valence-electron chi connectivity index (χ3n) is 5.84. The minimum atomic E-state index is -3.26. The van der Waals surface area contributed by atoms with E-state index in [4.69, 9.17) is 0 Å². The number of carbonyl (C=O) groups excluding carboxylic acids is 1. The van der Waals surface area contributed by atoms with Gasteiger partial charge in [-0.25, -0.2) is 13.1 Å². The Bertz CT molecular complexity index is 647. The van der Waals surface area contributed by atoms with Crippen molar-refractivity contribution < 1.29 is 13.2 Å². The van der Waals surface area contributed by atoms with Crippen molar-refractivity contribution in [3.63, 3.8) is 0 Å². The van der Waals surface area contributed by atoms with Gasteiger partial charge < -0.3 is 15.5 Å². The van der Waals surface area contributed by atoms with Crippen molar-refractivity contribution in [1.29, 1.82) is 0 Å². The van der Waals surface area contributed by atoms with E-state index in [1.54, 1.807) is 7.05 Å². The summed E-state index contributed by atoms with van der Waals surface area (Å²) in [4.78, 5) is 18.1. The summed E-state index contributed by atoms with van der Waals surface area (Å²) in [5.74, 6) is 1.39. The molecule has 0 radical (unpaired) electrons. The molecule has 0 aromatic carbocycles. The van der Waals surface area contributed by atoms with Gasteiger partial charge in [-0.15, -0.1) is 0 Å². The summed E-state index contributed by atoms with van der Waals surface area (Å²) in [5, 5.41) is 6.12. The van der Waals surface area contributed by atoms with Crippen molar-refractivity contribution in [2.24, 2.45) is 16.3 Å². The molecule has 1 amide bonds. The van der Waals surface area contributed by atoms with Gasteiger partial charge in [0.15, 0.2) is 5.96 Å². The smallest absolute Gasteiger partial charge is 0.220 e. The molecule has 1 spiro atoms. The Kier molecular flexibility index (Phi) is 6.06. The molecular weight excluding hydrogens is 354 g/mol. The number of aliphatic imine (C=N–C) groups is 1. The van der Waals surface area contributed by atoms with Crippen LogP contribution in [0.3, 0.4) is 0 Å². The van der Waals surface area contributed by atoms with E-state index in [9.17, 15) is 13.2 Å². The first-order valence-electron chi connectivity index (χ1n) is 9.61. The molecule has 148 valence electrons. The summed E-state index contributed by atoms with van der Waals surface area (Å²) in [6.45, 7) is 3.26. The van der Waals surface area contributed by atoms with Crippen LogP contribution in [0.25, 0.3) is 0 Å². The van der Waals surface area contributed by atoms with Crippen molar-refractivity contribution >= 4 is 21.9 Å². The minimum absolute atomic E-state index is 0.0106. The standard InChI is InChI=1S/C17H31N5O3S/c1-18-16(19-7-9-26(24,25)21-11-14-4-2-5-14)22-8-3-6-17(13-22)10-15(23)20-12-17/h14,21H,2-13H2,1H3,(H,18,19)(H,20,23). The molecule has 1 atom stereocenters. The van der Waals surface area contributed by atoms with Gasteiger partial charge in [0.05, 0.1) is 5.75 Å². The van der Waals surface area contributed by atoms with Crippen LogP contribution in [0.2, 0.25) is 0 Å². The van der Waals surface area contributed by atoms with Crippen LogP contribution in [-0.4, -0.2) is 70.7 Å². The van der Waals surface area contributed by atoms with Crippen LogP contribution >= 0.6 is 0 Å². The Balaban J connectivity index is 1.46. The maximum Gasteiger partial charge on any atom is 0.220 e. The van der Waals surface area contributed by atoms with Crippen LogP contribution in [0.5, 0.6) is 0 Å². The highest BCUT2D eigenvalue weighted by atomic mass is 32.2. The second-order valence-electron chi connectivity index (χ2n) is 7.92. The number of likely N-dealkylation sites (tertiary alicyclic amines) is 1. The average Bonchev–Trinajstić information content (AvgIpc) is 2.90. The number of amides is 1. The van der Waals surface area contributed by atoms with Crippen molar-refractivity contribution in [3.05, 3.63) is 0 Å². The molecular formula is C17H31N5O3S. The lowest BCUT2D eigenvalue weighted by Gasteiger charge is -2.40. The molecule has 0 aromatic rings. The number of hydrogen-bond acceptors (Lipinski definition) is 4. The topological polar surface area (TPSA) is 103 Å². The van der Waals surface area contributed by atoms with Gasteiger partial charge in [0.2, 0.25) is 15.9 Å². The zero-order valence-corrected chi connectivity index (χ0v) is 16.4. The Labute approximate surface area is 156 Å². The second kappa shape index (κ2) is 8.12. The average molecular weight is 386 g/mol. The third kappa shape index (κ3) is 4.88. The highest BCUT2D eigenvalue weighted by Crippen LogP contribution is 2.35. The summed E-state index contributed by atoms with van der Waals surface area (Å²) < 4.78 is 26.9. The Morgan fingerprint density at radius 1 is 1.38 bits per heavy atom. The molecule has 2 heterocycles. The molecule has 2 saturated heterocycles. The fourth-order valence-corrected chi connectivity index (χ4v) is 5.08. The lowest BCUT2D eigenvalue weighted by atomic mass is 9.79. The number of sulfonamides is 1. The first-order valence-corrected chi connectivity index (χ1v) is 11.3. The molecule has 3 aliphatic rings. The highest BCUT2D eigenvalue weighted by Gasteiger charge is 2.42. The van der Waals surface area contributed by atoms with Crippen molar-refractivity contribution in [3.8, 4) is 0 Å². The van der Waals surface area contributed by atoms with Gasteiger partial charge in [0, 0.05) is 51.6 Å². The summed E-state index contributed by atoms with van der Waals surface area (Å²) >= 11 is 0. The molecule has 1 unspecified atom stereocenters. The number of rotatable bonds is 6. The zero-order valence-electron chi connectivity index (χ0n) is 15.6. The minimum Gasteiger partial charge on any atom is -0.355 e. The Hall–Kier alpha value is -1.35. The number of carbonyl (C=O) groups is 1. The van der Waals surface area contributed by atoms with Crippen LogP contribution in [-0.2, 0) is 14.8 Å². The molecule has 1 saturated carbocycles. The fourth-order valence-electron chi connectivity index (χ4n) is 4.07. The highest BCUT2D eigenvalue weighted by molar-refractivity contribution is 7.89. The van der Waals surface area contributed by atoms with Crippen LogP contribution in [0.15, 0.2) is 4.99 Å². The molecule has 3 N–H and O–H groups in total. The predicted molar refractivity (Wildman–Crippen MR) is 101 cm³/mol. The van der Waals surface area contributed by atoms with Gasteiger partial charge in [0.25, 0.3) is 0 Å². The molecule has 2 aliphatic heterocycles. The normalized spacial score (nSPS) is 27.5. The van der Waals surface area contributed by atoms with Gasteiger partial charge in [-0.1, -0.05) is 6.42 Å². The van der Waals surface area contributed by atoms with Crippen molar-refractivity contribution in [2.75, 3.05) is 45.5 Å². The van der Waals surface area contributed by atoms with Crippen LogP contribution in [0.1, 0.15) is 38.5 Å². The molecule has 3 rings (SSSR count). The first-order chi connectivity index (χ1) is 12.4. The molecule has 8 nitrogen and oxygen atoms in total. The largest absolute Gasteiger partial charge is 0.355 e. The number of nitrogens with one attached hydrogen (secondary N) is 3. The van der Waals surface area contributed by atoms with E-state index in [1.807, 2.05) is 0 Å². The summed E-state index contributed by atoms with van der Waals surface area (Å²) in [6.07, 6.45) is 6.08. The third-order valence-corrected chi connectivity index (χ3v) is 7.19.